The number of benzene rings is 1. The van der Waals surface area contributed by atoms with Gasteiger partial charge in [-0.15, -0.1) is 0 Å². The van der Waals surface area contributed by atoms with Gasteiger partial charge in [-0.2, -0.15) is 0 Å². The van der Waals surface area contributed by atoms with Crippen LogP contribution < -0.4 is 5.32 Å². The number of hydrogen-bond acceptors (Lipinski definition) is 2. The van der Waals surface area contributed by atoms with Crippen molar-refractivity contribution in [1.82, 2.24) is 10.2 Å². The van der Waals surface area contributed by atoms with Crippen LogP contribution in [0.25, 0.3) is 0 Å². The Balaban J connectivity index is 1.97. The zero-order chi connectivity index (χ0) is 13.8. The summed E-state index contributed by atoms with van der Waals surface area (Å²) in [6, 6.07) is 7.61. The minimum atomic E-state index is -0.0820. The number of amides is 2. The van der Waals surface area contributed by atoms with Crippen LogP contribution in [-0.2, 0) is 11.2 Å². The van der Waals surface area contributed by atoms with Crippen LogP contribution in [0.3, 0.4) is 0 Å². The maximum absolute atomic E-state index is 12.2. The first-order valence-corrected chi connectivity index (χ1v) is 6.72. The molecule has 1 aliphatic rings. The third-order valence-corrected chi connectivity index (χ3v) is 3.23. The normalized spacial score (nSPS) is 14.5. The van der Waals surface area contributed by atoms with E-state index in [0.717, 1.165) is 17.5 Å². The first-order valence-electron chi connectivity index (χ1n) is 6.72. The standard InChI is InChI=1S/C15H20N2O2/c1-11(2)9-16-14(18)10-17-8-7-12-5-3-4-6-13(12)15(17)19/h3-6,11H,7-10H2,1-2H3,(H,16,18). The number of hydrogen-bond donors (Lipinski definition) is 1. The quantitative estimate of drug-likeness (QED) is 0.891. The largest absolute Gasteiger partial charge is 0.354 e. The Bertz CT molecular complexity index is 483. The number of nitrogens with one attached hydrogen (secondary N) is 1. The molecule has 0 saturated heterocycles. The van der Waals surface area contributed by atoms with E-state index < -0.39 is 0 Å². The van der Waals surface area contributed by atoms with Crippen molar-refractivity contribution >= 4 is 11.8 Å². The van der Waals surface area contributed by atoms with Gasteiger partial charge in [0, 0.05) is 18.7 Å². The second-order valence-electron chi connectivity index (χ2n) is 5.33. The third-order valence-electron chi connectivity index (χ3n) is 3.23. The molecule has 4 heteroatoms. The number of carbonyl (C=O) groups excluding carboxylic acids is 2. The summed E-state index contributed by atoms with van der Waals surface area (Å²) in [6.07, 6.45) is 0.819. The van der Waals surface area contributed by atoms with E-state index >= 15 is 0 Å². The minimum absolute atomic E-state index is 0.0402. The highest BCUT2D eigenvalue weighted by atomic mass is 16.2. The summed E-state index contributed by atoms with van der Waals surface area (Å²) in [7, 11) is 0. The van der Waals surface area contributed by atoms with Crippen LogP contribution in [0.4, 0.5) is 0 Å². The molecule has 1 aromatic carbocycles. The number of carbonyl (C=O) groups is 2. The average Bonchev–Trinajstić information content (AvgIpc) is 2.40. The fourth-order valence-corrected chi connectivity index (χ4v) is 2.17. The molecule has 0 aliphatic carbocycles. The van der Waals surface area contributed by atoms with Crippen LogP contribution in [0.15, 0.2) is 24.3 Å². The molecule has 0 atom stereocenters. The van der Waals surface area contributed by atoms with E-state index in [1.165, 1.54) is 0 Å². The van der Waals surface area contributed by atoms with Crippen molar-refractivity contribution < 1.29 is 9.59 Å². The molecule has 0 aromatic heterocycles. The van der Waals surface area contributed by atoms with Gasteiger partial charge in [0.25, 0.3) is 5.91 Å². The first-order chi connectivity index (χ1) is 9.08. The second kappa shape index (κ2) is 5.87. The second-order valence-corrected chi connectivity index (χ2v) is 5.33. The molecule has 0 spiro atoms. The van der Waals surface area contributed by atoms with E-state index in [4.69, 9.17) is 0 Å². The molecule has 0 unspecified atom stereocenters. The van der Waals surface area contributed by atoms with Gasteiger partial charge in [0.1, 0.15) is 0 Å². The highest BCUT2D eigenvalue weighted by Gasteiger charge is 2.25. The summed E-state index contributed by atoms with van der Waals surface area (Å²) in [4.78, 5) is 25.6. The minimum Gasteiger partial charge on any atom is -0.354 e. The fourth-order valence-electron chi connectivity index (χ4n) is 2.17. The van der Waals surface area contributed by atoms with E-state index in [2.05, 4.69) is 5.32 Å². The molecule has 1 aromatic rings. The Labute approximate surface area is 113 Å². The summed E-state index contributed by atoms with van der Waals surface area (Å²) < 4.78 is 0. The van der Waals surface area contributed by atoms with Gasteiger partial charge in [-0.1, -0.05) is 32.0 Å². The Morgan fingerprint density at radius 1 is 1.37 bits per heavy atom. The van der Waals surface area contributed by atoms with Crippen LogP contribution >= 0.6 is 0 Å². The summed E-state index contributed by atoms with van der Waals surface area (Å²) in [5.41, 5.74) is 1.80. The predicted molar refractivity (Wildman–Crippen MR) is 73.9 cm³/mol. The monoisotopic (exact) mass is 260 g/mol. The van der Waals surface area contributed by atoms with E-state index in [9.17, 15) is 9.59 Å². The molecule has 0 radical (unpaired) electrons. The van der Waals surface area contributed by atoms with Gasteiger partial charge in [0.15, 0.2) is 0 Å². The summed E-state index contributed by atoms with van der Waals surface area (Å²) in [6.45, 7) is 5.51. The van der Waals surface area contributed by atoms with Gasteiger partial charge in [0.05, 0.1) is 6.54 Å². The van der Waals surface area contributed by atoms with Gasteiger partial charge < -0.3 is 10.2 Å². The number of nitrogens with zero attached hydrogens (tertiary/aromatic N) is 1. The van der Waals surface area contributed by atoms with Gasteiger partial charge in [-0.25, -0.2) is 0 Å². The van der Waals surface area contributed by atoms with Crippen molar-refractivity contribution in [2.75, 3.05) is 19.6 Å². The highest BCUT2D eigenvalue weighted by Crippen LogP contribution is 2.18. The molecule has 1 heterocycles. The van der Waals surface area contributed by atoms with Crippen molar-refractivity contribution in [2.24, 2.45) is 5.92 Å². The number of rotatable bonds is 4. The van der Waals surface area contributed by atoms with Crippen LogP contribution in [-0.4, -0.2) is 36.3 Å². The Morgan fingerprint density at radius 2 is 2.11 bits per heavy atom. The van der Waals surface area contributed by atoms with E-state index in [-0.39, 0.29) is 18.4 Å². The zero-order valence-electron chi connectivity index (χ0n) is 11.5. The van der Waals surface area contributed by atoms with Crippen molar-refractivity contribution in [3.63, 3.8) is 0 Å². The van der Waals surface area contributed by atoms with Crippen LogP contribution in [0, 0.1) is 5.92 Å². The maximum Gasteiger partial charge on any atom is 0.254 e. The average molecular weight is 260 g/mol. The Morgan fingerprint density at radius 3 is 2.84 bits per heavy atom. The Kier molecular flexibility index (Phi) is 4.20. The molecule has 0 saturated carbocycles. The molecule has 2 rings (SSSR count). The molecule has 4 nitrogen and oxygen atoms in total. The maximum atomic E-state index is 12.2. The zero-order valence-corrected chi connectivity index (χ0v) is 11.5. The van der Waals surface area contributed by atoms with Crippen molar-refractivity contribution in [3.05, 3.63) is 35.4 Å². The van der Waals surface area contributed by atoms with Crippen molar-refractivity contribution in [3.8, 4) is 0 Å². The first kappa shape index (κ1) is 13.6. The molecule has 1 aliphatic heterocycles. The number of fused-ring (bicyclic) bond motifs is 1. The summed E-state index contributed by atoms with van der Waals surface area (Å²) >= 11 is 0. The smallest absolute Gasteiger partial charge is 0.254 e. The lowest BCUT2D eigenvalue weighted by Gasteiger charge is -2.28. The van der Waals surface area contributed by atoms with E-state index in [0.29, 0.717) is 19.0 Å². The van der Waals surface area contributed by atoms with Crippen molar-refractivity contribution in [1.29, 1.82) is 0 Å². The highest BCUT2D eigenvalue weighted by molar-refractivity contribution is 5.98. The molecule has 2 amide bonds. The summed E-state index contributed by atoms with van der Waals surface area (Å²) in [5, 5.41) is 2.84. The molecular weight excluding hydrogens is 240 g/mol. The fraction of sp³-hybridized carbons (Fsp3) is 0.467. The predicted octanol–water partition coefficient (Wildman–Crippen LogP) is 1.46. The molecule has 0 fully saturated rings. The SMILES string of the molecule is CC(C)CNC(=O)CN1CCc2ccccc2C1=O. The lowest BCUT2D eigenvalue weighted by Crippen LogP contribution is -2.44. The van der Waals surface area contributed by atoms with Gasteiger partial charge in [-0.05, 0) is 24.0 Å². The molecule has 0 bridgehead atoms. The van der Waals surface area contributed by atoms with Crippen LogP contribution in [0.1, 0.15) is 29.8 Å². The third kappa shape index (κ3) is 3.34. The Hall–Kier alpha value is -1.84. The van der Waals surface area contributed by atoms with Gasteiger partial charge >= 0.3 is 0 Å². The molecule has 19 heavy (non-hydrogen) atoms. The molecule has 1 N–H and O–H groups in total. The molecular formula is C15H20N2O2. The van der Waals surface area contributed by atoms with Crippen molar-refractivity contribution in [2.45, 2.75) is 20.3 Å². The van der Waals surface area contributed by atoms with E-state index in [1.54, 1.807) is 4.90 Å². The van der Waals surface area contributed by atoms with Gasteiger partial charge in [0.2, 0.25) is 5.91 Å². The summed E-state index contributed by atoms with van der Waals surface area (Å²) in [5.74, 6) is 0.296. The van der Waals surface area contributed by atoms with Gasteiger partial charge in [-0.3, -0.25) is 9.59 Å². The molecule has 102 valence electrons. The van der Waals surface area contributed by atoms with Crippen LogP contribution in [0.5, 0.6) is 0 Å². The van der Waals surface area contributed by atoms with E-state index in [1.807, 2.05) is 38.1 Å². The lowest BCUT2D eigenvalue weighted by atomic mass is 9.99. The topological polar surface area (TPSA) is 49.4 Å². The lowest BCUT2D eigenvalue weighted by molar-refractivity contribution is -0.122. The van der Waals surface area contributed by atoms with Crippen LogP contribution in [0.2, 0.25) is 0 Å².